The van der Waals surface area contributed by atoms with Gasteiger partial charge in [-0.25, -0.2) is 0 Å². The van der Waals surface area contributed by atoms with Gasteiger partial charge in [-0.15, -0.1) is 0 Å². The van der Waals surface area contributed by atoms with Gasteiger partial charge in [0.2, 0.25) is 5.91 Å². The third-order valence-electron chi connectivity index (χ3n) is 6.23. The second-order valence-corrected chi connectivity index (χ2v) is 8.79. The number of nitrogens with two attached hydrogens (primary N) is 1. The number of nitrogen functional groups attached to an aromatic ring is 1. The molecule has 3 aromatic carbocycles. The van der Waals surface area contributed by atoms with Crippen LogP contribution in [0.25, 0.3) is 0 Å². The fourth-order valence-corrected chi connectivity index (χ4v) is 4.18. The first kappa shape index (κ1) is 25.4. The van der Waals surface area contributed by atoms with E-state index in [9.17, 15) is 14.4 Å². The van der Waals surface area contributed by atoms with Crippen LogP contribution in [0.4, 0.5) is 11.4 Å². The van der Waals surface area contributed by atoms with Crippen molar-refractivity contribution in [2.75, 3.05) is 24.3 Å². The Morgan fingerprint density at radius 1 is 1.08 bits per heavy atom. The summed E-state index contributed by atoms with van der Waals surface area (Å²) in [5.74, 6) is -1.04. The van der Waals surface area contributed by atoms with Crippen LogP contribution in [0, 0.1) is 5.41 Å². The lowest BCUT2D eigenvalue weighted by atomic mass is 10.1. The molecule has 37 heavy (non-hydrogen) atoms. The van der Waals surface area contributed by atoms with Crippen LogP contribution in [0.15, 0.2) is 72.8 Å². The third kappa shape index (κ3) is 6.32. The van der Waals surface area contributed by atoms with Crippen molar-refractivity contribution in [3.8, 4) is 0 Å². The van der Waals surface area contributed by atoms with Crippen molar-refractivity contribution in [3.05, 3.63) is 95.1 Å². The number of carbonyl (C=O) groups is 3. The van der Waals surface area contributed by atoms with E-state index in [4.69, 9.17) is 15.9 Å². The Kier molecular flexibility index (Phi) is 7.83. The predicted octanol–water partition coefficient (Wildman–Crippen LogP) is 3.15. The highest BCUT2D eigenvalue weighted by Gasteiger charge is 2.31. The number of nitrogens with one attached hydrogen (secondary N) is 3. The highest BCUT2D eigenvalue weighted by Crippen LogP contribution is 2.26. The molecule has 1 atom stereocenters. The number of amidine groups is 1. The molecule has 1 heterocycles. The molecule has 2 amide bonds. The van der Waals surface area contributed by atoms with Gasteiger partial charge in [-0.05, 0) is 60.0 Å². The van der Waals surface area contributed by atoms with E-state index >= 15 is 0 Å². The Morgan fingerprint density at radius 3 is 2.46 bits per heavy atom. The highest BCUT2D eigenvalue weighted by atomic mass is 16.5. The standard InChI is InChI=1S/C28H29N5O4/c1-37-25(34)16-24-28(36)33(14-13-18-5-3-2-4-6-18)17-21-15-20(9-12-23(21)32-24)27(35)31-22-10-7-19(8-11-22)26(29)30/h2-12,15,24,32H,13-14,16-17H2,1H3,(H3,29,30)(H,31,35). The zero-order valence-electron chi connectivity index (χ0n) is 20.5. The van der Waals surface area contributed by atoms with Gasteiger partial charge in [0.05, 0.1) is 13.5 Å². The molecule has 3 aromatic rings. The fraction of sp³-hybridized carbons (Fsp3) is 0.214. The van der Waals surface area contributed by atoms with Gasteiger partial charge in [-0.1, -0.05) is 30.3 Å². The summed E-state index contributed by atoms with van der Waals surface area (Å²) in [7, 11) is 1.29. The van der Waals surface area contributed by atoms with Crippen molar-refractivity contribution < 1.29 is 19.1 Å². The largest absolute Gasteiger partial charge is 0.469 e. The summed E-state index contributed by atoms with van der Waals surface area (Å²) in [6.07, 6.45) is 0.554. The van der Waals surface area contributed by atoms with E-state index in [1.165, 1.54) is 7.11 Å². The van der Waals surface area contributed by atoms with Gasteiger partial charge < -0.3 is 26.0 Å². The van der Waals surface area contributed by atoms with Crippen molar-refractivity contribution in [1.82, 2.24) is 4.90 Å². The molecule has 9 nitrogen and oxygen atoms in total. The van der Waals surface area contributed by atoms with Crippen LogP contribution in [0.2, 0.25) is 0 Å². The van der Waals surface area contributed by atoms with E-state index in [1.54, 1.807) is 47.4 Å². The quantitative estimate of drug-likeness (QED) is 0.213. The molecule has 1 aliphatic heterocycles. The summed E-state index contributed by atoms with van der Waals surface area (Å²) < 4.78 is 4.80. The van der Waals surface area contributed by atoms with Gasteiger partial charge in [0.1, 0.15) is 11.9 Å². The van der Waals surface area contributed by atoms with Crippen LogP contribution in [0.3, 0.4) is 0 Å². The number of hydrogen-bond acceptors (Lipinski definition) is 6. The first-order chi connectivity index (χ1) is 17.8. The smallest absolute Gasteiger partial charge is 0.308 e. The van der Waals surface area contributed by atoms with Gasteiger partial charge >= 0.3 is 5.97 Å². The van der Waals surface area contributed by atoms with E-state index in [2.05, 4.69) is 10.6 Å². The maximum atomic E-state index is 13.4. The summed E-state index contributed by atoms with van der Waals surface area (Å²) in [6.45, 7) is 0.751. The zero-order chi connectivity index (χ0) is 26.4. The molecule has 0 aliphatic carbocycles. The first-order valence-corrected chi connectivity index (χ1v) is 11.9. The Bertz CT molecular complexity index is 1310. The minimum Gasteiger partial charge on any atom is -0.469 e. The molecule has 0 bridgehead atoms. The topological polar surface area (TPSA) is 138 Å². The number of nitrogens with zero attached hydrogens (tertiary/aromatic N) is 1. The van der Waals surface area contributed by atoms with Gasteiger partial charge in [0.25, 0.3) is 5.91 Å². The number of carbonyl (C=O) groups excluding carboxylic acids is 3. The number of fused-ring (bicyclic) bond motifs is 1. The minimum atomic E-state index is -0.774. The molecule has 5 N–H and O–H groups in total. The number of hydrogen-bond donors (Lipinski definition) is 4. The lowest BCUT2D eigenvalue weighted by Gasteiger charge is -2.24. The molecule has 4 rings (SSSR count). The van der Waals surface area contributed by atoms with Crippen LogP contribution in [-0.4, -0.2) is 48.2 Å². The predicted molar refractivity (Wildman–Crippen MR) is 141 cm³/mol. The van der Waals surface area contributed by atoms with Gasteiger partial charge in [-0.2, -0.15) is 0 Å². The first-order valence-electron chi connectivity index (χ1n) is 11.9. The molecular weight excluding hydrogens is 470 g/mol. The maximum Gasteiger partial charge on any atom is 0.308 e. The highest BCUT2D eigenvalue weighted by molar-refractivity contribution is 6.05. The van der Waals surface area contributed by atoms with Crippen LogP contribution in [0.1, 0.15) is 33.5 Å². The number of rotatable bonds is 8. The minimum absolute atomic E-state index is 0.0482. The Balaban J connectivity index is 1.56. The summed E-state index contributed by atoms with van der Waals surface area (Å²) in [4.78, 5) is 40.1. The normalized spacial score (nSPS) is 14.7. The van der Waals surface area contributed by atoms with Crippen molar-refractivity contribution >= 4 is 35.0 Å². The monoisotopic (exact) mass is 499 g/mol. The van der Waals surface area contributed by atoms with Crippen molar-refractivity contribution in [1.29, 1.82) is 5.41 Å². The van der Waals surface area contributed by atoms with Gasteiger partial charge in [0, 0.05) is 35.6 Å². The van der Waals surface area contributed by atoms with Crippen molar-refractivity contribution in [2.24, 2.45) is 5.73 Å². The number of esters is 1. The number of anilines is 2. The van der Waals surface area contributed by atoms with E-state index in [1.807, 2.05) is 30.3 Å². The Morgan fingerprint density at radius 2 is 1.78 bits per heavy atom. The molecule has 9 heteroatoms. The molecule has 190 valence electrons. The summed E-state index contributed by atoms with van der Waals surface area (Å²) in [6, 6.07) is 21.0. The lowest BCUT2D eigenvalue weighted by Crippen LogP contribution is -2.42. The molecule has 0 radical (unpaired) electrons. The molecule has 0 aromatic heterocycles. The molecule has 1 aliphatic rings. The molecule has 0 saturated heterocycles. The number of amides is 2. The molecule has 0 fully saturated rings. The average Bonchev–Trinajstić information content (AvgIpc) is 3.03. The van der Waals surface area contributed by atoms with Crippen molar-refractivity contribution in [2.45, 2.75) is 25.4 Å². The van der Waals surface area contributed by atoms with Crippen molar-refractivity contribution in [3.63, 3.8) is 0 Å². The molecule has 1 unspecified atom stereocenters. The lowest BCUT2D eigenvalue weighted by molar-refractivity contribution is -0.144. The second kappa shape index (κ2) is 11.4. The number of benzene rings is 3. The molecular formula is C28H29N5O4. The van der Waals surface area contributed by atoms with Gasteiger partial charge in [0.15, 0.2) is 0 Å². The zero-order valence-corrected chi connectivity index (χ0v) is 20.5. The summed E-state index contributed by atoms with van der Waals surface area (Å²) in [5, 5.41) is 13.5. The molecule has 0 spiro atoms. The number of methoxy groups -OCH3 is 1. The van der Waals surface area contributed by atoms with E-state index in [0.29, 0.717) is 42.0 Å². The van der Waals surface area contributed by atoms with E-state index in [0.717, 1.165) is 11.1 Å². The van der Waals surface area contributed by atoms with Crippen LogP contribution in [-0.2, 0) is 27.3 Å². The number of ether oxygens (including phenoxy) is 1. The molecule has 0 saturated carbocycles. The second-order valence-electron chi connectivity index (χ2n) is 8.79. The van der Waals surface area contributed by atoms with Crippen LogP contribution >= 0.6 is 0 Å². The third-order valence-corrected chi connectivity index (χ3v) is 6.23. The SMILES string of the molecule is COC(=O)CC1Nc2ccc(C(=O)Nc3ccc(C(=N)N)cc3)cc2CN(CCc2ccccc2)C1=O. The fourth-order valence-electron chi connectivity index (χ4n) is 4.18. The van der Waals surface area contributed by atoms with Crippen LogP contribution in [0.5, 0.6) is 0 Å². The maximum absolute atomic E-state index is 13.4. The van der Waals surface area contributed by atoms with Gasteiger partial charge in [-0.3, -0.25) is 19.8 Å². The summed E-state index contributed by atoms with van der Waals surface area (Å²) in [5.41, 5.74) is 9.61. The average molecular weight is 500 g/mol. The van der Waals surface area contributed by atoms with E-state index < -0.39 is 12.0 Å². The summed E-state index contributed by atoms with van der Waals surface area (Å²) >= 11 is 0. The van der Waals surface area contributed by atoms with E-state index in [-0.39, 0.29) is 24.1 Å². The van der Waals surface area contributed by atoms with Crippen LogP contribution < -0.4 is 16.4 Å². The Hall–Kier alpha value is -4.66. The Labute approximate surface area is 215 Å².